The zero-order valence-corrected chi connectivity index (χ0v) is 18.4. The predicted octanol–water partition coefficient (Wildman–Crippen LogP) is 4.23. The van der Waals surface area contributed by atoms with Crippen molar-refractivity contribution in [2.24, 2.45) is 0 Å². The molecule has 0 bridgehead atoms. The minimum atomic E-state index is -3.65. The van der Waals surface area contributed by atoms with Gasteiger partial charge >= 0.3 is 0 Å². The molecule has 0 saturated carbocycles. The van der Waals surface area contributed by atoms with Crippen LogP contribution >= 0.6 is 0 Å². The summed E-state index contributed by atoms with van der Waals surface area (Å²) in [5.41, 5.74) is 2.29. The Morgan fingerprint density at radius 1 is 0.935 bits per heavy atom. The largest absolute Gasteiger partial charge is 0.372 e. The van der Waals surface area contributed by atoms with E-state index in [0.29, 0.717) is 11.4 Å². The molecule has 3 aromatic carbocycles. The summed E-state index contributed by atoms with van der Waals surface area (Å²) in [6.45, 7) is 1.82. The minimum absolute atomic E-state index is 0.291. The standard InChI is InChI=1S/C24H27N3O3S/c1-31(29,30)27(23-11-7-9-19-8-3-4-10-22(19)23)18-24(28)25-20-12-14-21(15-13-20)26-16-5-2-6-17-26/h3-4,7-15H,2,5-6,16-18H2,1H3,(H,25,28). The van der Waals surface area contributed by atoms with Crippen molar-refractivity contribution < 1.29 is 13.2 Å². The summed E-state index contributed by atoms with van der Waals surface area (Å²) in [5, 5.41) is 4.53. The molecule has 1 heterocycles. The number of carbonyl (C=O) groups excluding carboxylic acids is 1. The SMILES string of the molecule is CS(=O)(=O)N(CC(=O)Nc1ccc(N2CCCCC2)cc1)c1cccc2ccccc12. The maximum absolute atomic E-state index is 12.7. The number of anilines is 3. The Labute approximate surface area is 183 Å². The highest BCUT2D eigenvalue weighted by Gasteiger charge is 2.22. The van der Waals surface area contributed by atoms with Crippen LogP contribution in [0.5, 0.6) is 0 Å². The van der Waals surface area contributed by atoms with Gasteiger partial charge in [-0.05, 0) is 55.0 Å². The van der Waals surface area contributed by atoms with Crippen LogP contribution < -0.4 is 14.5 Å². The third-order valence-electron chi connectivity index (χ3n) is 5.60. The second-order valence-corrected chi connectivity index (χ2v) is 9.82. The van der Waals surface area contributed by atoms with Crippen molar-refractivity contribution in [3.63, 3.8) is 0 Å². The third-order valence-corrected chi connectivity index (χ3v) is 6.72. The van der Waals surface area contributed by atoms with Gasteiger partial charge in [-0.1, -0.05) is 36.4 Å². The van der Waals surface area contributed by atoms with Crippen LogP contribution in [0.4, 0.5) is 17.1 Å². The van der Waals surface area contributed by atoms with Crippen LogP contribution in [0.1, 0.15) is 19.3 Å². The molecule has 0 aromatic heterocycles. The molecule has 4 rings (SSSR count). The van der Waals surface area contributed by atoms with E-state index in [1.165, 1.54) is 19.3 Å². The van der Waals surface area contributed by atoms with Crippen molar-refractivity contribution in [1.82, 2.24) is 0 Å². The lowest BCUT2D eigenvalue weighted by Crippen LogP contribution is -2.37. The first-order chi connectivity index (χ1) is 14.9. The van der Waals surface area contributed by atoms with Gasteiger partial charge in [-0.2, -0.15) is 0 Å². The summed E-state index contributed by atoms with van der Waals surface area (Å²) in [7, 11) is -3.65. The van der Waals surface area contributed by atoms with Crippen LogP contribution in [0.25, 0.3) is 10.8 Å². The van der Waals surface area contributed by atoms with Gasteiger partial charge in [0.2, 0.25) is 15.9 Å². The van der Waals surface area contributed by atoms with E-state index in [1.54, 1.807) is 12.1 Å². The molecule has 0 radical (unpaired) electrons. The molecule has 0 unspecified atom stereocenters. The van der Waals surface area contributed by atoms with Gasteiger partial charge in [-0.25, -0.2) is 8.42 Å². The Morgan fingerprint density at radius 2 is 1.61 bits per heavy atom. The molecule has 0 spiro atoms. The van der Waals surface area contributed by atoms with Gasteiger partial charge in [0.05, 0.1) is 11.9 Å². The quantitative estimate of drug-likeness (QED) is 0.626. The van der Waals surface area contributed by atoms with E-state index in [4.69, 9.17) is 0 Å². The van der Waals surface area contributed by atoms with Gasteiger partial charge in [0.15, 0.2) is 0 Å². The van der Waals surface area contributed by atoms with Gasteiger partial charge in [-0.15, -0.1) is 0 Å². The fourth-order valence-corrected chi connectivity index (χ4v) is 4.91. The lowest BCUT2D eigenvalue weighted by molar-refractivity contribution is -0.114. The first-order valence-electron chi connectivity index (χ1n) is 10.5. The van der Waals surface area contributed by atoms with Crippen molar-refractivity contribution in [3.05, 3.63) is 66.7 Å². The number of piperidine rings is 1. The number of hydrogen-bond acceptors (Lipinski definition) is 4. The van der Waals surface area contributed by atoms with E-state index < -0.39 is 10.0 Å². The van der Waals surface area contributed by atoms with Gasteiger partial charge in [-0.3, -0.25) is 9.10 Å². The molecule has 0 aliphatic carbocycles. The summed E-state index contributed by atoms with van der Waals surface area (Å²) in [5.74, 6) is -0.385. The Morgan fingerprint density at radius 3 is 2.32 bits per heavy atom. The normalized spacial score (nSPS) is 14.4. The Balaban J connectivity index is 1.51. The summed E-state index contributed by atoms with van der Waals surface area (Å²) < 4.78 is 26.2. The lowest BCUT2D eigenvalue weighted by atomic mass is 10.1. The predicted molar refractivity (Wildman–Crippen MR) is 127 cm³/mol. The smallest absolute Gasteiger partial charge is 0.245 e. The first kappa shape index (κ1) is 21.2. The molecular weight excluding hydrogens is 410 g/mol. The highest BCUT2D eigenvalue weighted by molar-refractivity contribution is 7.92. The molecule has 1 aliphatic heterocycles. The highest BCUT2D eigenvalue weighted by Crippen LogP contribution is 2.28. The maximum atomic E-state index is 12.7. The number of amides is 1. The Kier molecular flexibility index (Phi) is 6.13. The number of sulfonamides is 1. The van der Waals surface area contributed by atoms with Crippen molar-refractivity contribution in [1.29, 1.82) is 0 Å². The van der Waals surface area contributed by atoms with Gasteiger partial charge in [0, 0.05) is 29.9 Å². The topological polar surface area (TPSA) is 69.7 Å². The summed E-state index contributed by atoms with van der Waals surface area (Å²) in [6.07, 6.45) is 4.80. The molecule has 0 atom stereocenters. The van der Waals surface area contributed by atoms with E-state index in [9.17, 15) is 13.2 Å². The molecule has 1 saturated heterocycles. The number of carbonyl (C=O) groups is 1. The van der Waals surface area contributed by atoms with Crippen molar-refractivity contribution in [2.45, 2.75) is 19.3 Å². The average molecular weight is 438 g/mol. The Bertz CT molecular complexity index is 1160. The Hall–Kier alpha value is -3.06. The molecule has 6 nitrogen and oxygen atoms in total. The van der Waals surface area contributed by atoms with Crippen LogP contribution in [-0.4, -0.2) is 40.2 Å². The summed E-state index contributed by atoms with van der Waals surface area (Å²) in [4.78, 5) is 15.1. The van der Waals surface area contributed by atoms with Crippen molar-refractivity contribution in [3.8, 4) is 0 Å². The first-order valence-corrected chi connectivity index (χ1v) is 12.4. The fourth-order valence-electron chi connectivity index (χ4n) is 4.05. The fraction of sp³-hybridized carbons (Fsp3) is 0.292. The van der Waals surface area contributed by atoms with Crippen LogP contribution in [0.2, 0.25) is 0 Å². The van der Waals surface area contributed by atoms with Crippen LogP contribution in [0.3, 0.4) is 0 Å². The number of nitrogens with one attached hydrogen (secondary N) is 1. The number of benzene rings is 3. The second-order valence-electron chi connectivity index (χ2n) is 7.91. The van der Waals surface area contributed by atoms with E-state index in [0.717, 1.165) is 40.1 Å². The molecule has 31 heavy (non-hydrogen) atoms. The zero-order chi connectivity index (χ0) is 21.8. The molecule has 162 valence electrons. The van der Waals surface area contributed by atoms with Crippen LogP contribution in [0.15, 0.2) is 66.7 Å². The van der Waals surface area contributed by atoms with E-state index >= 15 is 0 Å². The summed E-state index contributed by atoms with van der Waals surface area (Å²) >= 11 is 0. The van der Waals surface area contributed by atoms with E-state index in [1.807, 2.05) is 54.6 Å². The number of hydrogen-bond donors (Lipinski definition) is 1. The minimum Gasteiger partial charge on any atom is -0.372 e. The average Bonchev–Trinajstić information content (AvgIpc) is 2.77. The van der Waals surface area contributed by atoms with Crippen LogP contribution in [-0.2, 0) is 14.8 Å². The van der Waals surface area contributed by atoms with Crippen LogP contribution in [0, 0.1) is 0 Å². The van der Waals surface area contributed by atoms with Crippen molar-refractivity contribution in [2.75, 3.05) is 40.4 Å². The number of fused-ring (bicyclic) bond motifs is 1. The molecule has 1 N–H and O–H groups in total. The second kappa shape index (κ2) is 8.98. The molecule has 1 aliphatic rings. The number of rotatable bonds is 6. The van der Waals surface area contributed by atoms with Gasteiger partial charge in [0.25, 0.3) is 0 Å². The van der Waals surface area contributed by atoms with E-state index in [2.05, 4.69) is 10.2 Å². The lowest BCUT2D eigenvalue weighted by Gasteiger charge is -2.29. The van der Waals surface area contributed by atoms with Gasteiger partial charge < -0.3 is 10.2 Å². The zero-order valence-electron chi connectivity index (χ0n) is 17.6. The molecule has 1 fully saturated rings. The monoisotopic (exact) mass is 437 g/mol. The molecular formula is C24H27N3O3S. The molecule has 1 amide bonds. The maximum Gasteiger partial charge on any atom is 0.245 e. The van der Waals surface area contributed by atoms with E-state index in [-0.39, 0.29) is 12.5 Å². The third kappa shape index (κ3) is 4.99. The highest BCUT2D eigenvalue weighted by atomic mass is 32.2. The van der Waals surface area contributed by atoms with Gasteiger partial charge in [0.1, 0.15) is 6.54 Å². The number of nitrogens with zero attached hydrogens (tertiary/aromatic N) is 2. The summed E-state index contributed by atoms with van der Waals surface area (Å²) in [6, 6.07) is 20.7. The molecule has 3 aromatic rings. The van der Waals surface area contributed by atoms with Crippen molar-refractivity contribution >= 4 is 43.8 Å². The molecule has 7 heteroatoms.